The first-order chi connectivity index (χ1) is 15.0. The second kappa shape index (κ2) is 11.1. The minimum Gasteiger partial charge on any atom is -0.481 e. The summed E-state index contributed by atoms with van der Waals surface area (Å²) in [5.41, 5.74) is -0.342. The van der Waals surface area contributed by atoms with E-state index in [1.54, 1.807) is 0 Å². The second-order valence-corrected chi connectivity index (χ2v) is 7.69. The summed E-state index contributed by atoms with van der Waals surface area (Å²) in [5, 5.41) is 17.6. The molecule has 2 atom stereocenters. The molecular formula is C21H27F3N2O6. The third-order valence-electron chi connectivity index (χ3n) is 5.61. The molecule has 178 valence electrons. The number of nitrogens with zero attached hydrogens (tertiary/aromatic N) is 2. The van der Waals surface area contributed by atoms with E-state index in [1.807, 2.05) is 0 Å². The van der Waals surface area contributed by atoms with Crippen LogP contribution < -0.4 is 0 Å². The van der Waals surface area contributed by atoms with E-state index >= 15 is 0 Å². The van der Waals surface area contributed by atoms with Gasteiger partial charge < -0.3 is 24.7 Å². The van der Waals surface area contributed by atoms with Crippen LogP contribution in [0.4, 0.5) is 22.8 Å². The first-order valence-electron chi connectivity index (χ1n) is 10.3. The highest BCUT2D eigenvalue weighted by Gasteiger charge is 2.37. The van der Waals surface area contributed by atoms with Crippen LogP contribution >= 0.6 is 0 Å². The lowest BCUT2D eigenvalue weighted by atomic mass is 9.87. The highest BCUT2D eigenvalue weighted by molar-refractivity contribution is 5.72. The number of rotatable bonds is 2. The van der Waals surface area contributed by atoms with Gasteiger partial charge in [0.25, 0.3) is 0 Å². The third-order valence-corrected chi connectivity index (χ3v) is 5.61. The Kier molecular flexibility index (Phi) is 8.73. The maximum Gasteiger partial charge on any atom is 0.416 e. The zero-order valence-electron chi connectivity index (χ0n) is 17.7. The van der Waals surface area contributed by atoms with Crippen molar-refractivity contribution in [1.29, 1.82) is 0 Å². The first-order valence-corrected chi connectivity index (χ1v) is 10.3. The van der Waals surface area contributed by atoms with Crippen molar-refractivity contribution in [1.82, 2.24) is 9.80 Å². The number of benzene rings is 1. The number of carboxylic acid groups (broad SMARTS) is 2. The normalized spacial score (nSPS) is 21.2. The number of hydrogen-bond donors (Lipinski definition) is 2. The lowest BCUT2D eigenvalue weighted by Crippen LogP contribution is -2.42. The van der Waals surface area contributed by atoms with E-state index in [1.165, 1.54) is 35.5 Å². The van der Waals surface area contributed by atoms with Gasteiger partial charge in [-0.25, -0.2) is 9.59 Å². The predicted octanol–water partition coefficient (Wildman–Crippen LogP) is 4.46. The van der Waals surface area contributed by atoms with Gasteiger partial charge in [0.2, 0.25) is 0 Å². The minimum atomic E-state index is -4.45. The number of hydrogen-bond acceptors (Lipinski definition) is 4. The molecule has 2 saturated heterocycles. The number of piperidine rings is 2. The van der Waals surface area contributed by atoms with Gasteiger partial charge in [0.1, 0.15) is 0 Å². The van der Waals surface area contributed by atoms with Gasteiger partial charge in [-0.1, -0.05) is 12.1 Å². The van der Waals surface area contributed by atoms with Crippen molar-refractivity contribution in [2.45, 2.75) is 44.3 Å². The number of likely N-dealkylation sites (tertiary alicyclic amines) is 2. The molecule has 1 aromatic carbocycles. The van der Waals surface area contributed by atoms with E-state index in [2.05, 4.69) is 4.74 Å². The molecule has 2 unspecified atom stereocenters. The van der Waals surface area contributed by atoms with Crippen molar-refractivity contribution in [3.05, 3.63) is 35.4 Å². The molecule has 2 aliphatic rings. The van der Waals surface area contributed by atoms with Crippen LogP contribution in [0.5, 0.6) is 0 Å². The summed E-state index contributed by atoms with van der Waals surface area (Å²) in [5.74, 6) is -1.63. The molecule has 0 aromatic heterocycles. The number of carbonyl (C=O) groups excluding carboxylic acids is 1. The average molecular weight is 460 g/mol. The summed E-state index contributed by atoms with van der Waals surface area (Å²) in [6, 6.07) is 3.77. The molecule has 0 saturated carbocycles. The molecule has 8 nitrogen and oxygen atoms in total. The molecule has 32 heavy (non-hydrogen) atoms. The number of amides is 2. The molecule has 2 aliphatic heterocycles. The number of alkyl halides is 3. The van der Waals surface area contributed by atoms with E-state index in [-0.39, 0.29) is 19.4 Å². The van der Waals surface area contributed by atoms with Crippen LogP contribution in [0.2, 0.25) is 0 Å². The van der Waals surface area contributed by atoms with E-state index < -0.39 is 41.9 Å². The van der Waals surface area contributed by atoms with Crippen molar-refractivity contribution in [2.75, 3.05) is 26.7 Å². The molecule has 1 aromatic rings. The highest BCUT2D eigenvalue weighted by atomic mass is 19.4. The van der Waals surface area contributed by atoms with Gasteiger partial charge in [0.15, 0.2) is 0 Å². The molecule has 11 heteroatoms. The Morgan fingerprint density at radius 3 is 2.03 bits per heavy atom. The maximum atomic E-state index is 12.6. The molecule has 2 fully saturated rings. The quantitative estimate of drug-likeness (QED) is 0.675. The molecule has 2 amide bonds. The third kappa shape index (κ3) is 6.76. The number of halogens is 3. The highest BCUT2D eigenvalue weighted by Crippen LogP contribution is 2.36. The largest absolute Gasteiger partial charge is 0.481 e. The Morgan fingerprint density at radius 2 is 1.59 bits per heavy atom. The standard InChI is InChI=1S/C15H16F3NO4.C6H11NO2/c1-23-14(22)19-7-6-10(13(20)21)8-12(19)9-2-4-11(5-3-9)15(16,17)18;8-6(9)7-4-2-1-3-5-7/h2-5,10,12H,6-8H2,1H3,(H,20,21);1-5H2,(H,8,9). The lowest BCUT2D eigenvalue weighted by molar-refractivity contribution is -0.144. The lowest BCUT2D eigenvalue weighted by Gasteiger charge is -2.37. The Morgan fingerprint density at radius 1 is 1.00 bits per heavy atom. The van der Waals surface area contributed by atoms with E-state index in [9.17, 15) is 27.6 Å². The fraction of sp³-hybridized carbons (Fsp3) is 0.571. The minimum absolute atomic E-state index is 0.135. The number of methoxy groups -OCH3 is 1. The molecule has 2 heterocycles. The number of carboxylic acids is 1. The van der Waals surface area contributed by atoms with Crippen molar-refractivity contribution >= 4 is 18.2 Å². The molecule has 0 bridgehead atoms. The van der Waals surface area contributed by atoms with E-state index in [0.717, 1.165) is 38.1 Å². The topological polar surface area (TPSA) is 107 Å². The van der Waals surface area contributed by atoms with Crippen LogP contribution in [0.25, 0.3) is 0 Å². The van der Waals surface area contributed by atoms with Crippen LogP contribution in [0.3, 0.4) is 0 Å². The Balaban J connectivity index is 0.000000336. The average Bonchev–Trinajstić information content (AvgIpc) is 2.78. The van der Waals surface area contributed by atoms with Crippen LogP contribution in [0.1, 0.15) is 49.3 Å². The SMILES string of the molecule is COC(=O)N1CCC(C(=O)O)CC1c1ccc(C(F)(F)F)cc1.O=C(O)N1CCCCC1. The van der Waals surface area contributed by atoms with E-state index in [4.69, 9.17) is 10.2 Å². The maximum absolute atomic E-state index is 12.6. The summed E-state index contributed by atoms with van der Waals surface area (Å²) in [6.45, 7) is 1.64. The van der Waals surface area contributed by atoms with Gasteiger partial charge in [-0.3, -0.25) is 4.79 Å². The van der Waals surface area contributed by atoms with Crippen molar-refractivity contribution in [3.63, 3.8) is 0 Å². The van der Waals surface area contributed by atoms with Gasteiger partial charge in [-0.05, 0) is 49.8 Å². The van der Waals surface area contributed by atoms with Gasteiger partial charge in [0.05, 0.1) is 24.6 Å². The second-order valence-electron chi connectivity index (χ2n) is 7.69. The van der Waals surface area contributed by atoms with Crippen LogP contribution in [0, 0.1) is 5.92 Å². The summed E-state index contributed by atoms with van der Waals surface area (Å²) < 4.78 is 42.6. The van der Waals surface area contributed by atoms with Gasteiger partial charge in [0, 0.05) is 19.6 Å². The number of ether oxygens (including phenoxy) is 1. The zero-order chi connectivity index (χ0) is 23.9. The van der Waals surface area contributed by atoms with Crippen LogP contribution in [0.15, 0.2) is 24.3 Å². The molecule has 3 rings (SSSR count). The van der Waals surface area contributed by atoms with Crippen molar-refractivity contribution < 1.29 is 42.5 Å². The molecule has 0 aliphatic carbocycles. The molecule has 0 spiro atoms. The van der Waals surface area contributed by atoms with Crippen molar-refractivity contribution in [3.8, 4) is 0 Å². The van der Waals surface area contributed by atoms with Gasteiger partial charge in [-0.15, -0.1) is 0 Å². The Labute approximate surface area is 183 Å². The molecule has 2 N–H and O–H groups in total. The fourth-order valence-corrected chi connectivity index (χ4v) is 3.82. The Hall–Kier alpha value is -2.98. The summed E-state index contributed by atoms with van der Waals surface area (Å²) in [7, 11) is 1.20. The van der Waals surface area contributed by atoms with Crippen LogP contribution in [-0.4, -0.2) is 64.9 Å². The molecular weight excluding hydrogens is 433 g/mol. The summed E-state index contributed by atoms with van der Waals surface area (Å²) in [6.07, 6.45) is -2.18. The zero-order valence-corrected chi connectivity index (χ0v) is 17.7. The van der Waals surface area contributed by atoms with Crippen LogP contribution in [-0.2, 0) is 15.7 Å². The number of aliphatic carboxylic acids is 1. The fourth-order valence-electron chi connectivity index (χ4n) is 3.82. The molecule has 0 radical (unpaired) electrons. The smallest absolute Gasteiger partial charge is 0.416 e. The monoisotopic (exact) mass is 460 g/mol. The number of carbonyl (C=O) groups is 3. The summed E-state index contributed by atoms with van der Waals surface area (Å²) >= 11 is 0. The summed E-state index contributed by atoms with van der Waals surface area (Å²) in [4.78, 5) is 36.1. The van der Waals surface area contributed by atoms with Crippen molar-refractivity contribution in [2.24, 2.45) is 5.92 Å². The first kappa shape index (κ1) is 25.3. The van der Waals surface area contributed by atoms with Gasteiger partial charge in [-0.2, -0.15) is 13.2 Å². The Bertz CT molecular complexity index is 794. The van der Waals surface area contributed by atoms with Gasteiger partial charge >= 0.3 is 24.3 Å². The van der Waals surface area contributed by atoms with E-state index in [0.29, 0.717) is 5.56 Å². The predicted molar refractivity (Wildman–Crippen MR) is 107 cm³/mol.